The van der Waals surface area contributed by atoms with E-state index in [1.807, 2.05) is 25.7 Å². The lowest BCUT2D eigenvalue weighted by Gasteiger charge is -2.33. The third-order valence-electron chi connectivity index (χ3n) is 4.16. The van der Waals surface area contributed by atoms with Crippen molar-refractivity contribution in [3.8, 4) is 0 Å². The summed E-state index contributed by atoms with van der Waals surface area (Å²) in [6.45, 7) is 7.34. The molecule has 0 saturated carbocycles. The molecule has 0 N–H and O–H groups in total. The number of amides is 1. The summed E-state index contributed by atoms with van der Waals surface area (Å²) in [7, 11) is 0. The molecule has 1 aliphatic rings. The van der Waals surface area contributed by atoms with Crippen LogP contribution < -0.4 is 0 Å². The van der Waals surface area contributed by atoms with Crippen LogP contribution in [0.5, 0.6) is 0 Å². The molecule has 2 rings (SSSR count). The molecule has 1 heterocycles. The molecule has 0 bridgehead atoms. The zero-order valence-electron chi connectivity index (χ0n) is 15.2. The normalized spacial score (nSPS) is 16.6. The zero-order valence-corrected chi connectivity index (χ0v) is 16.1. The third kappa shape index (κ3) is 6.23. The first kappa shape index (κ1) is 18.9. The Bertz CT molecular complexity index is 552. The minimum atomic E-state index is -0.414. The van der Waals surface area contributed by atoms with Crippen molar-refractivity contribution in [3.63, 3.8) is 0 Å². The number of rotatable bonds is 4. The molecule has 0 aliphatic carbocycles. The van der Waals surface area contributed by atoms with Gasteiger partial charge in [-0.15, -0.1) is 11.8 Å². The van der Waals surface area contributed by atoms with Gasteiger partial charge in [-0.25, -0.2) is 4.79 Å². The van der Waals surface area contributed by atoms with Gasteiger partial charge in [0, 0.05) is 18.0 Å². The van der Waals surface area contributed by atoms with E-state index in [2.05, 4.69) is 42.7 Å². The predicted molar refractivity (Wildman–Crippen MR) is 102 cm³/mol. The van der Waals surface area contributed by atoms with E-state index >= 15 is 0 Å². The van der Waals surface area contributed by atoms with Crippen LogP contribution in [0.15, 0.2) is 35.2 Å². The first-order valence-corrected chi connectivity index (χ1v) is 9.88. The molecular formula is C20H29NO2S. The minimum Gasteiger partial charge on any atom is -0.444 e. The number of likely N-dealkylation sites (tertiary alicyclic amines) is 1. The Balaban J connectivity index is 1.74. The second-order valence-corrected chi connectivity index (χ2v) is 8.20. The molecule has 0 unspecified atom stereocenters. The molecule has 0 aromatic heterocycles. The van der Waals surface area contributed by atoms with Gasteiger partial charge in [0.25, 0.3) is 0 Å². The van der Waals surface area contributed by atoms with Crippen molar-refractivity contribution in [2.75, 3.05) is 19.3 Å². The maximum atomic E-state index is 12.1. The van der Waals surface area contributed by atoms with Crippen LogP contribution >= 0.6 is 11.8 Å². The fourth-order valence-corrected chi connectivity index (χ4v) is 3.20. The van der Waals surface area contributed by atoms with E-state index in [4.69, 9.17) is 4.74 Å². The van der Waals surface area contributed by atoms with Gasteiger partial charge in [-0.3, -0.25) is 0 Å². The Labute approximate surface area is 150 Å². The number of piperidine rings is 1. The van der Waals surface area contributed by atoms with E-state index in [-0.39, 0.29) is 6.09 Å². The van der Waals surface area contributed by atoms with Gasteiger partial charge in [-0.05, 0) is 69.9 Å². The SMILES string of the molecule is CSc1ccc(C=CCC2CCN(C(=O)OC(C)(C)C)CC2)cc1. The van der Waals surface area contributed by atoms with E-state index in [0.29, 0.717) is 5.92 Å². The lowest BCUT2D eigenvalue weighted by Crippen LogP contribution is -2.41. The summed E-state index contributed by atoms with van der Waals surface area (Å²) < 4.78 is 5.44. The average molecular weight is 348 g/mol. The smallest absolute Gasteiger partial charge is 0.410 e. The van der Waals surface area contributed by atoms with Gasteiger partial charge in [0.15, 0.2) is 0 Å². The highest BCUT2D eigenvalue weighted by atomic mass is 32.2. The zero-order chi connectivity index (χ0) is 17.6. The average Bonchev–Trinajstić information content (AvgIpc) is 2.54. The van der Waals surface area contributed by atoms with Crippen molar-refractivity contribution in [2.45, 2.75) is 50.5 Å². The molecule has 0 atom stereocenters. The number of hydrogen-bond donors (Lipinski definition) is 0. The summed E-state index contributed by atoms with van der Waals surface area (Å²) in [5.74, 6) is 0.658. The predicted octanol–water partition coefficient (Wildman–Crippen LogP) is 5.46. The summed E-state index contributed by atoms with van der Waals surface area (Å²) in [5.41, 5.74) is 0.835. The molecule has 0 spiro atoms. The lowest BCUT2D eigenvalue weighted by atomic mass is 9.93. The highest BCUT2D eigenvalue weighted by molar-refractivity contribution is 7.98. The number of carbonyl (C=O) groups is 1. The minimum absolute atomic E-state index is 0.176. The summed E-state index contributed by atoms with van der Waals surface area (Å²) >= 11 is 1.76. The second kappa shape index (κ2) is 8.61. The second-order valence-electron chi connectivity index (χ2n) is 7.32. The van der Waals surface area contributed by atoms with Crippen molar-refractivity contribution in [2.24, 2.45) is 5.92 Å². The Hall–Kier alpha value is -1.42. The first-order valence-electron chi connectivity index (χ1n) is 8.66. The summed E-state index contributed by atoms with van der Waals surface area (Å²) in [5, 5.41) is 0. The van der Waals surface area contributed by atoms with Crippen molar-refractivity contribution < 1.29 is 9.53 Å². The van der Waals surface area contributed by atoms with Crippen LogP contribution in [-0.4, -0.2) is 35.9 Å². The maximum absolute atomic E-state index is 12.1. The van der Waals surface area contributed by atoms with Crippen LogP contribution in [0.25, 0.3) is 6.08 Å². The number of ether oxygens (including phenoxy) is 1. The molecule has 4 heteroatoms. The molecule has 1 aliphatic heterocycles. The molecule has 1 amide bonds. The van der Waals surface area contributed by atoms with Gasteiger partial charge in [-0.1, -0.05) is 24.3 Å². The quantitative estimate of drug-likeness (QED) is 0.677. The Morgan fingerprint density at radius 2 is 1.88 bits per heavy atom. The van der Waals surface area contributed by atoms with Crippen molar-refractivity contribution >= 4 is 23.9 Å². The van der Waals surface area contributed by atoms with Crippen molar-refractivity contribution in [1.82, 2.24) is 4.90 Å². The van der Waals surface area contributed by atoms with E-state index in [1.54, 1.807) is 11.8 Å². The van der Waals surface area contributed by atoms with Crippen LogP contribution in [-0.2, 0) is 4.74 Å². The fraction of sp³-hybridized carbons (Fsp3) is 0.550. The Morgan fingerprint density at radius 3 is 2.42 bits per heavy atom. The lowest BCUT2D eigenvalue weighted by molar-refractivity contribution is 0.0185. The molecule has 3 nitrogen and oxygen atoms in total. The standard InChI is InChI=1S/C20H29NO2S/c1-20(2,3)23-19(22)21-14-12-17(13-15-21)7-5-6-16-8-10-18(24-4)11-9-16/h5-6,8-11,17H,7,12-15H2,1-4H3. The van der Waals surface area contributed by atoms with Crippen molar-refractivity contribution in [1.29, 1.82) is 0 Å². The van der Waals surface area contributed by atoms with Crippen LogP contribution in [0.1, 0.15) is 45.6 Å². The van der Waals surface area contributed by atoms with Gasteiger partial charge < -0.3 is 9.64 Å². The van der Waals surface area contributed by atoms with Gasteiger partial charge in [0.2, 0.25) is 0 Å². The summed E-state index contributed by atoms with van der Waals surface area (Å²) in [4.78, 5) is 15.2. The van der Waals surface area contributed by atoms with Crippen LogP contribution in [0.4, 0.5) is 4.79 Å². The van der Waals surface area contributed by atoms with Crippen LogP contribution in [0, 0.1) is 5.92 Å². The monoisotopic (exact) mass is 347 g/mol. The van der Waals surface area contributed by atoms with Gasteiger partial charge in [0.05, 0.1) is 0 Å². The number of hydrogen-bond acceptors (Lipinski definition) is 3. The molecule has 0 radical (unpaired) electrons. The summed E-state index contributed by atoms with van der Waals surface area (Å²) in [6, 6.07) is 8.63. The largest absolute Gasteiger partial charge is 0.444 e. The van der Waals surface area contributed by atoms with E-state index in [9.17, 15) is 4.79 Å². The number of carbonyl (C=O) groups excluding carboxylic acids is 1. The number of benzene rings is 1. The molecule has 1 fully saturated rings. The highest BCUT2D eigenvalue weighted by Gasteiger charge is 2.26. The summed E-state index contributed by atoms with van der Waals surface area (Å²) in [6.07, 6.45) is 9.56. The number of thioether (sulfide) groups is 1. The number of allylic oxidation sites excluding steroid dienone is 1. The van der Waals surface area contributed by atoms with Gasteiger partial charge in [-0.2, -0.15) is 0 Å². The van der Waals surface area contributed by atoms with E-state index < -0.39 is 5.60 Å². The fourth-order valence-electron chi connectivity index (χ4n) is 2.79. The Morgan fingerprint density at radius 1 is 1.25 bits per heavy atom. The van der Waals surface area contributed by atoms with Gasteiger partial charge >= 0.3 is 6.09 Å². The first-order chi connectivity index (χ1) is 11.4. The molecule has 1 aromatic rings. The van der Waals surface area contributed by atoms with Crippen LogP contribution in [0.3, 0.4) is 0 Å². The van der Waals surface area contributed by atoms with Crippen molar-refractivity contribution in [3.05, 3.63) is 35.9 Å². The van der Waals surface area contributed by atoms with Gasteiger partial charge in [0.1, 0.15) is 5.60 Å². The molecule has 1 aromatic carbocycles. The topological polar surface area (TPSA) is 29.5 Å². The highest BCUT2D eigenvalue weighted by Crippen LogP contribution is 2.23. The number of nitrogens with zero attached hydrogens (tertiary/aromatic N) is 1. The maximum Gasteiger partial charge on any atom is 0.410 e. The van der Waals surface area contributed by atoms with Crippen LogP contribution in [0.2, 0.25) is 0 Å². The van der Waals surface area contributed by atoms with E-state index in [1.165, 1.54) is 10.5 Å². The Kier molecular flexibility index (Phi) is 6.79. The molecular weight excluding hydrogens is 318 g/mol. The third-order valence-corrected chi connectivity index (χ3v) is 4.91. The molecule has 132 valence electrons. The molecule has 24 heavy (non-hydrogen) atoms. The van der Waals surface area contributed by atoms with E-state index in [0.717, 1.165) is 32.4 Å². The molecule has 1 saturated heterocycles.